The Balaban J connectivity index is 0.000000531. The smallest absolute Gasteiger partial charge is 0.132 e. The molecule has 0 aliphatic carbocycles. The first kappa shape index (κ1) is 12.0. The maximum atomic E-state index is 4.43. The van der Waals surface area contributed by atoms with Crippen molar-refractivity contribution in [2.45, 2.75) is 40.5 Å². The number of rotatable bonds is 1. The van der Waals surface area contributed by atoms with Crippen LogP contribution in [0.15, 0.2) is 6.07 Å². The second kappa shape index (κ2) is 5.69. The summed E-state index contributed by atoms with van der Waals surface area (Å²) in [5.74, 6) is 1.98. The number of hydrogen-bond acceptors (Lipinski definition) is 3. The van der Waals surface area contributed by atoms with Crippen molar-refractivity contribution in [3.63, 3.8) is 0 Å². The van der Waals surface area contributed by atoms with Gasteiger partial charge in [0.05, 0.1) is 0 Å². The highest BCUT2D eigenvalue weighted by Gasteiger charge is 2.13. The predicted molar refractivity (Wildman–Crippen MR) is 64.3 cm³/mol. The monoisotopic (exact) mass is 207 g/mol. The Morgan fingerprint density at radius 3 is 2.20 bits per heavy atom. The molecule has 0 N–H and O–H groups in total. The molecule has 2 rings (SSSR count). The summed E-state index contributed by atoms with van der Waals surface area (Å²) in [5, 5.41) is 0. The predicted octanol–water partition coefficient (Wildman–Crippen LogP) is 2.72. The molecule has 0 bridgehead atoms. The van der Waals surface area contributed by atoms with Crippen LogP contribution in [0.2, 0.25) is 0 Å². The van der Waals surface area contributed by atoms with E-state index in [2.05, 4.69) is 20.9 Å². The van der Waals surface area contributed by atoms with E-state index in [0.29, 0.717) is 0 Å². The molecule has 2 heterocycles. The SMILES string of the molecule is CC.Cc1cc(N2CCCC2)nc(C)n1. The molecule has 3 heteroatoms. The van der Waals surface area contributed by atoms with Gasteiger partial charge in [-0.2, -0.15) is 0 Å². The van der Waals surface area contributed by atoms with Crippen LogP contribution in [-0.2, 0) is 0 Å². The number of hydrogen-bond donors (Lipinski definition) is 0. The van der Waals surface area contributed by atoms with E-state index in [9.17, 15) is 0 Å². The fraction of sp³-hybridized carbons (Fsp3) is 0.667. The van der Waals surface area contributed by atoms with Gasteiger partial charge in [0.2, 0.25) is 0 Å². The van der Waals surface area contributed by atoms with Gasteiger partial charge in [-0.15, -0.1) is 0 Å². The van der Waals surface area contributed by atoms with E-state index in [-0.39, 0.29) is 0 Å². The molecule has 0 spiro atoms. The third-order valence-corrected chi connectivity index (χ3v) is 2.38. The molecular weight excluding hydrogens is 186 g/mol. The summed E-state index contributed by atoms with van der Waals surface area (Å²) in [6.45, 7) is 10.3. The molecule has 1 aromatic rings. The van der Waals surface area contributed by atoms with Crippen LogP contribution >= 0.6 is 0 Å². The minimum Gasteiger partial charge on any atom is -0.357 e. The number of anilines is 1. The summed E-state index contributed by atoms with van der Waals surface area (Å²) in [6.07, 6.45) is 2.59. The molecule has 1 saturated heterocycles. The Kier molecular flexibility index (Phi) is 4.53. The molecule has 1 aromatic heterocycles. The van der Waals surface area contributed by atoms with Gasteiger partial charge in [-0.25, -0.2) is 9.97 Å². The Hall–Kier alpha value is -1.12. The zero-order valence-electron chi connectivity index (χ0n) is 10.2. The van der Waals surface area contributed by atoms with Gasteiger partial charge in [0.1, 0.15) is 11.6 Å². The van der Waals surface area contributed by atoms with Crippen molar-refractivity contribution in [2.75, 3.05) is 18.0 Å². The molecule has 0 atom stereocenters. The molecule has 84 valence electrons. The van der Waals surface area contributed by atoms with E-state index in [1.807, 2.05) is 27.7 Å². The van der Waals surface area contributed by atoms with Crippen LogP contribution in [-0.4, -0.2) is 23.1 Å². The van der Waals surface area contributed by atoms with Crippen LogP contribution in [0.25, 0.3) is 0 Å². The molecule has 1 fully saturated rings. The maximum absolute atomic E-state index is 4.43. The van der Waals surface area contributed by atoms with Crippen molar-refractivity contribution in [1.29, 1.82) is 0 Å². The van der Waals surface area contributed by atoms with Crippen molar-refractivity contribution in [3.8, 4) is 0 Å². The lowest BCUT2D eigenvalue weighted by Crippen LogP contribution is -2.19. The van der Waals surface area contributed by atoms with Crippen LogP contribution in [0, 0.1) is 13.8 Å². The first-order valence-corrected chi connectivity index (χ1v) is 5.83. The van der Waals surface area contributed by atoms with Gasteiger partial charge in [-0.3, -0.25) is 0 Å². The summed E-state index contributed by atoms with van der Waals surface area (Å²) in [5.41, 5.74) is 1.06. The average Bonchev–Trinajstić information content (AvgIpc) is 2.72. The average molecular weight is 207 g/mol. The largest absolute Gasteiger partial charge is 0.357 e. The van der Waals surface area contributed by atoms with Crippen LogP contribution in [0.3, 0.4) is 0 Å². The highest BCUT2D eigenvalue weighted by atomic mass is 15.2. The van der Waals surface area contributed by atoms with Crippen molar-refractivity contribution < 1.29 is 0 Å². The van der Waals surface area contributed by atoms with E-state index in [1.54, 1.807) is 0 Å². The minimum atomic E-state index is 0.877. The maximum Gasteiger partial charge on any atom is 0.132 e. The lowest BCUT2D eigenvalue weighted by molar-refractivity contribution is 0.899. The van der Waals surface area contributed by atoms with Gasteiger partial charge in [-0.1, -0.05) is 13.8 Å². The van der Waals surface area contributed by atoms with Crippen LogP contribution < -0.4 is 4.90 Å². The standard InChI is InChI=1S/C10H15N3.C2H6/c1-8-7-10(12-9(2)11-8)13-5-3-4-6-13;1-2/h7H,3-6H2,1-2H3;1-2H3. The van der Waals surface area contributed by atoms with Crippen molar-refractivity contribution in [2.24, 2.45) is 0 Å². The summed E-state index contributed by atoms with van der Waals surface area (Å²) in [6, 6.07) is 2.07. The lowest BCUT2D eigenvalue weighted by atomic mass is 10.4. The van der Waals surface area contributed by atoms with Crippen LogP contribution in [0.1, 0.15) is 38.2 Å². The first-order valence-electron chi connectivity index (χ1n) is 5.83. The summed E-state index contributed by atoms with van der Waals surface area (Å²) in [4.78, 5) is 11.0. The lowest BCUT2D eigenvalue weighted by Gasteiger charge is -2.16. The van der Waals surface area contributed by atoms with Gasteiger partial charge in [0.25, 0.3) is 0 Å². The number of aryl methyl sites for hydroxylation is 2. The molecule has 0 unspecified atom stereocenters. The summed E-state index contributed by atoms with van der Waals surface area (Å²) < 4.78 is 0. The van der Waals surface area contributed by atoms with E-state index in [1.165, 1.54) is 12.8 Å². The fourth-order valence-corrected chi connectivity index (χ4v) is 1.81. The molecule has 0 amide bonds. The number of nitrogens with zero attached hydrogens (tertiary/aromatic N) is 3. The molecule has 1 aliphatic rings. The highest BCUT2D eigenvalue weighted by Crippen LogP contribution is 2.17. The van der Waals surface area contributed by atoms with Gasteiger partial charge in [0.15, 0.2) is 0 Å². The normalized spacial score (nSPS) is 14.8. The Morgan fingerprint density at radius 1 is 1.07 bits per heavy atom. The van der Waals surface area contributed by atoms with Gasteiger partial charge in [-0.05, 0) is 26.7 Å². The topological polar surface area (TPSA) is 29.0 Å². The van der Waals surface area contributed by atoms with Crippen molar-refractivity contribution >= 4 is 5.82 Å². The van der Waals surface area contributed by atoms with Gasteiger partial charge < -0.3 is 4.90 Å². The third-order valence-electron chi connectivity index (χ3n) is 2.38. The summed E-state index contributed by atoms with van der Waals surface area (Å²) >= 11 is 0. The van der Waals surface area contributed by atoms with E-state index >= 15 is 0 Å². The third kappa shape index (κ3) is 3.18. The molecule has 0 radical (unpaired) electrons. The Labute approximate surface area is 92.6 Å². The molecule has 3 nitrogen and oxygen atoms in total. The van der Waals surface area contributed by atoms with Gasteiger partial charge >= 0.3 is 0 Å². The zero-order chi connectivity index (χ0) is 11.3. The van der Waals surface area contributed by atoms with E-state index < -0.39 is 0 Å². The van der Waals surface area contributed by atoms with E-state index in [0.717, 1.165) is 30.4 Å². The fourth-order valence-electron chi connectivity index (χ4n) is 1.81. The Bertz CT molecular complexity index is 283. The highest BCUT2D eigenvalue weighted by molar-refractivity contribution is 5.40. The quantitative estimate of drug-likeness (QED) is 0.709. The zero-order valence-corrected chi connectivity index (χ0v) is 10.2. The van der Waals surface area contributed by atoms with Crippen LogP contribution in [0.4, 0.5) is 5.82 Å². The first-order chi connectivity index (χ1) is 7.25. The summed E-state index contributed by atoms with van der Waals surface area (Å²) in [7, 11) is 0. The molecule has 0 saturated carbocycles. The molecule has 0 aromatic carbocycles. The Morgan fingerprint density at radius 2 is 1.67 bits per heavy atom. The minimum absolute atomic E-state index is 0.877. The second-order valence-electron chi connectivity index (χ2n) is 3.61. The molecule has 15 heavy (non-hydrogen) atoms. The molecule has 1 aliphatic heterocycles. The number of aromatic nitrogens is 2. The second-order valence-corrected chi connectivity index (χ2v) is 3.61. The van der Waals surface area contributed by atoms with Crippen molar-refractivity contribution in [1.82, 2.24) is 9.97 Å². The van der Waals surface area contributed by atoms with Crippen molar-refractivity contribution in [3.05, 3.63) is 17.6 Å². The van der Waals surface area contributed by atoms with Crippen LogP contribution in [0.5, 0.6) is 0 Å². The van der Waals surface area contributed by atoms with Gasteiger partial charge in [0, 0.05) is 24.8 Å². The van der Waals surface area contributed by atoms with E-state index in [4.69, 9.17) is 0 Å². The molecular formula is C12H21N3.